The molecule has 0 fully saturated rings. The summed E-state index contributed by atoms with van der Waals surface area (Å²) >= 11 is 0. The lowest BCUT2D eigenvalue weighted by molar-refractivity contribution is 0.232. The van der Waals surface area contributed by atoms with Crippen molar-refractivity contribution in [3.05, 3.63) is 29.8 Å². The van der Waals surface area contributed by atoms with E-state index in [2.05, 4.69) is 32.2 Å². The molecule has 0 bridgehead atoms. The number of hydrogen-bond acceptors (Lipinski definition) is 3. The summed E-state index contributed by atoms with van der Waals surface area (Å²) in [4.78, 5) is 0. The summed E-state index contributed by atoms with van der Waals surface area (Å²) in [5.41, 5.74) is 1.38. The first-order chi connectivity index (χ1) is 9.00. The van der Waals surface area contributed by atoms with E-state index in [9.17, 15) is 0 Å². The SMILES string of the molecule is COc1ccccc1C(C)NCC(C)(C)CCCO. The van der Waals surface area contributed by atoms with Gasteiger partial charge in [0.15, 0.2) is 0 Å². The van der Waals surface area contributed by atoms with E-state index in [1.807, 2.05) is 18.2 Å². The molecule has 2 N–H and O–H groups in total. The standard InChI is InChI=1S/C16H27NO2/c1-13(14-8-5-6-9-15(14)19-4)17-12-16(2,3)10-7-11-18/h5-6,8-9,13,17-18H,7,10-12H2,1-4H3. The van der Waals surface area contributed by atoms with Crippen LogP contribution in [-0.4, -0.2) is 25.4 Å². The fraction of sp³-hybridized carbons (Fsp3) is 0.625. The van der Waals surface area contributed by atoms with Crippen molar-refractivity contribution in [3.63, 3.8) is 0 Å². The third kappa shape index (κ3) is 5.21. The van der Waals surface area contributed by atoms with E-state index in [0.29, 0.717) is 0 Å². The molecule has 0 spiro atoms. The van der Waals surface area contributed by atoms with Gasteiger partial charge in [-0.05, 0) is 31.2 Å². The van der Waals surface area contributed by atoms with E-state index in [4.69, 9.17) is 9.84 Å². The van der Waals surface area contributed by atoms with Crippen LogP contribution in [-0.2, 0) is 0 Å². The zero-order valence-electron chi connectivity index (χ0n) is 12.6. The second kappa shape index (κ2) is 7.51. The zero-order chi connectivity index (χ0) is 14.3. The molecule has 0 aliphatic carbocycles. The van der Waals surface area contributed by atoms with E-state index in [1.54, 1.807) is 7.11 Å². The third-order valence-electron chi connectivity index (χ3n) is 3.50. The van der Waals surface area contributed by atoms with Crippen LogP contribution >= 0.6 is 0 Å². The van der Waals surface area contributed by atoms with Gasteiger partial charge in [-0.1, -0.05) is 32.0 Å². The van der Waals surface area contributed by atoms with Crippen LogP contribution in [0.4, 0.5) is 0 Å². The fourth-order valence-corrected chi connectivity index (χ4v) is 2.21. The maximum absolute atomic E-state index is 8.92. The molecular weight excluding hydrogens is 238 g/mol. The van der Waals surface area contributed by atoms with Gasteiger partial charge in [0, 0.05) is 24.8 Å². The number of nitrogens with one attached hydrogen (secondary N) is 1. The van der Waals surface area contributed by atoms with Gasteiger partial charge in [0.1, 0.15) is 5.75 Å². The van der Waals surface area contributed by atoms with Crippen LogP contribution in [0.2, 0.25) is 0 Å². The number of ether oxygens (including phenoxy) is 1. The first kappa shape index (κ1) is 16.0. The predicted molar refractivity (Wildman–Crippen MR) is 79.5 cm³/mol. The maximum atomic E-state index is 8.92. The summed E-state index contributed by atoms with van der Waals surface area (Å²) < 4.78 is 5.39. The largest absolute Gasteiger partial charge is 0.496 e. The highest BCUT2D eigenvalue weighted by Crippen LogP contribution is 2.26. The second-order valence-corrected chi connectivity index (χ2v) is 5.84. The molecule has 1 aromatic carbocycles. The molecule has 0 saturated heterocycles. The van der Waals surface area contributed by atoms with Gasteiger partial charge in [-0.15, -0.1) is 0 Å². The van der Waals surface area contributed by atoms with E-state index >= 15 is 0 Å². The molecule has 0 amide bonds. The molecule has 0 aromatic heterocycles. The van der Waals surface area contributed by atoms with Crippen molar-refractivity contribution >= 4 is 0 Å². The lowest BCUT2D eigenvalue weighted by Crippen LogP contribution is -2.31. The Bertz CT molecular complexity index is 377. The highest BCUT2D eigenvalue weighted by molar-refractivity contribution is 5.35. The molecule has 1 unspecified atom stereocenters. The lowest BCUT2D eigenvalue weighted by atomic mass is 9.87. The first-order valence-corrected chi connectivity index (χ1v) is 6.97. The minimum atomic E-state index is 0.193. The zero-order valence-corrected chi connectivity index (χ0v) is 12.6. The molecule has 19 heavy (non-hydrogen) atoms. The molecule has 0 saturated carbocycles. The summed E-state index contributed by atoms with van der Waals surface area (Å²) in [6.45, 7) is 7.80. The van der Waals surface area contributed by atoms with Crippen LogP contribution in [0.1, 0.15) is 45.2 Å². The van der Waals surface area contributed by atoms with Gasteiger partial charge in [-0.25, -0.2) is 0 Å². The Balaban J connectivity index is 2.57. The number of rotatable bonds is 8. The quantitative estimate of drug-likeness (QED) is 0.758. The number of para-hydroxylation sites is 1. The number of benzene rings is 1. The summed E-state index contributed by atoms with van der Waals surface area (Å²) in [6, 6.07) is 8.36. The van der Waals surface area contributed by atoms with Crippen LogP contribution in [0, 0.1) is 5.41 Å². The van der Waals surface area contributed by atoms with Crippen LogP contribution in [0.15, 0.2) is 24.3 Å². The highest BCUT2D eigenvalue weighted by atomic mass is 16.5. The molecule has 1 aromatic rings. The van der Waals surface area contributed by atoms with Crippen molar-refractivity contribution in [2.24, 2.45) is 5.41 Å². The Kier molecular flexibility index (Phi) is 6.32. The highest BCUT2D eigenvalue weighted by Gasteiger charge is 2.19. The van der Waals surface area contributed by atoms with Crippen molar-refractivity contribution < 1.29 is 9.84 Å². The molecule has 0 aliphatic heterocycles. The molecule has 3 nitrogen and oxygen atoms in total. The maximum Gasteiger partial charge on any atom is 0.123 e. The lowest BCUT2D eigenvalue weighted by Gasteiger charge is -2.27. The average Bonchev–Trinajstić information content (AvgIpc) is 2.42. The Morgan fingerprint density at radius 2 is 2.00 bits per heavy atom. The van der Waals surface area contributed by atoms with E-state index in [1.165, 1.54) is 5.56 Å². The summed E-state index contributed by atoms with van der Waals surface area (Å²) in [5.74, 6) is 0.927. The second-order valence-electron chi connectivity index (χ2n) is 5.84. The van der Waals surface area contributed by atoms with E-state index in [0.717, 1.165) is 25.1 Å². The third-order valence-corrected chi connectivity index (χ3v) is 3.50. The summed E-state index contributed by atoms with van der Waals surface area (Å²) in [7, 11) is 1.71. The van der Waals surface area contributed by atoms with Gasteiger partial charge < -0.3 is 15.2 Å². The van der Waals surface area contributed by atoms with Gasteiger partial charge in [0.2, 0.25) is 0 Å². The van der Waals surface area contributed by atoms with Gasteiger partial charge in [-0.2, -0.15) is 0 Å². The van der Waals surface area contributed by atoms with Gasteiger partial charge in [0.05, 0.1) is 7.11 Å². The van der Waals surface area contributed by atoms with Crippen LogP contribution in [0.25, 0.3) is 0 Å². The molecule has 3 heteroatoms. The predicted octanol–water partition coefficient (Wildman–Crippen LogP) is 3.14. The van der Waals surface area contributed by atoms with Crippen LogP contribution in [0.5, 0.6) is 5.75 Å². The monoisotopic (exact) mass is 265 g/mol. The molecule has 1 atom stereocenters. The van der Waals surface area contributed by atoms with Crippen LogP contribution < -0.4 is 10.1 Å². The first-order valence-electron chi connectivity index (χ1n) is 6.97. The van der Waals surface area contributed by atoms with Crippen molar-refractivity contribution in [1.82, 2.24) is 5.32 Å². The van der Waals surface area contributed by atoms with Crippen LogP contribution in [0.3, 0.4) is 0 Å². The smallest absolute Gasteiger partial charge is 0.123 e. The van der Waals surface area contributed by atoms with E-state index in [-0.39, 0.29) is 18.1 Å². The van der Waals surface area contributed by atoms with Crippen molar-refractivity contribution in [2.75, 3.05) is 20.3 Å². The number of aliphatic hydroxyl groups excluding tert-OH is 1. The normalized spacial score (nSPS) is 13.3. The Labute approximate surface area is 117 Å². The number of hydrogen-bond donors (Lipinski definition) is 2. The number of methoxy groups -OCH3 is 1. The molecular formula is C16H27NO2. The van der Waals surface area contributed by atoms with Gasteiger partial charge >= 0.3 is 0 Å². The Morgan fingerprint density at radius 3 is 2.63 bits per heavy atom. The van der Waals surface area contributed by atoms with Gasteiger partial charge in [-0.3, -0.25) is 0 Å². The topological polar surface area (TPSA) is 41.5 Å². The Hall–Kier alpha value is -1.06. The minimum Gasteiger partial charge on any atom is -0.496 e. The summed E-state index contributed by atoms with van der Waals surface area (Å²) in [6.07, 6.45) is 1.88. The molecule has 1 rings (SSSR count). The van der Waals surface area contributed by atoms with E-state index < -0.39 is 0 Å². The molecule has 0 heterocycles. The fourth-order valence-electron chi connectivity index (χ4n) is 2.21. The van der Waals surface area contributed by atoms with Crippen molar-refractivity contribution in [2.45, 2.75) is 39.7 Å². The van der Waals surface area contributed by atoms with Gasteiger partial charge in [0.25, 0.3) is 0 Å². The average molecular weight is 265 g/mol. The Morgan fingerprint density at radius 1 is 1.32 bits per heavy atom. The number of aliphatic hydroxyl groups is 1. The molecule has 0 radical (unpaired) electrons. The summed E-state index contributed by atoms with van der Waals surface area (Å²) in [5, 5.41) is 12.5. The minimum absolute atomic E-state index is 0.193. The molecule has 108 valence electrons. The molecule has 0 aliphatic rings. The van der Waals surface area contributed by atoms with Crippen molar-refractivity contribution in [3.8, 4) is 5.75 Å². The van der Waals surface area contributed by atoms with Crippen molar-refractivity contribution in [1.29, 1.82) is 0 Å².